The van der Waals surface area contributed by atoms with Gasteiger partial charge in [-0.15, -0.1) is 0 Å². The molecule has 4 heteroatoms. The zero-order chi connectivity index (χ0) is 15.3. The monoisotopic (exact) mass is 290 g/mol. The van der Waals surface area contributed by atoms with E-state index in [2.05, 4.69) is 44.0 Å². The molecule has 0 saturated carbocycles. The SMILES string of the molecule is CCN(Cc1ccco1)Cc1ccoc1CNC(C)(C)C. The number of furan rings is 2. The maximum Gasteiger partial charge on any atom is 0.122 e. The van der Waals surface area contributed by atoms with Crippen LogP contribution in [0.1, 0.15) is 44.8 Å². The fraction of sp³-hybridized carbons (Fsp3) is 0.529. The first-order chi connectivity index (χ1) is 9.98. The third-order valence-corrected chi connectivity index (χ3v) is 3.42. The van der Waals surface area contributed by atoms with Crippen molar-refractivity contribution in [1.29, 1.82) is 0 Å². The van der Waals surface area contributed by atoms with Crippen molar-refractivity contribution >= 4 is 0 Å². The summed E-state index contributed by atoms with van der Waals surface area (Å²) in [5.74, 6) is 2.01. The first-order valence-electron chi connectivity index (χ1n) is 7.53. The van der Waals surface area contributed by atoms with Gasteiger partial charge in [0.2, 0.25) is 0 Å². The van der Waals surface area contributed by atoms with Crippen LogP contribution in [-0.2, 0) is 19.6 Å². The summed E-state index contributed by atoms with van der Waals surface area (Å²) >= 11 is 0. The minimum absolute atomic E-state index is 0.0860. The van der Waals surface area contributed by atoms with E-state index in [0.29, 0.717) is 0 Å². The first kappa shape index (κ1) is 15.9. The van der Waals surface area contributed by atoms with E-state index in [0.717, 1.165) is 37.7 Å². The molecule has 0 bridgehead atoms. The topological polar surface area (TPSA) is 41.6 Å². The summed E-state index contributed by atoms with van der Waals surface area (Å²) in [7, 11) is 0. The van der Waals surface area contributed by atoms with E-state index in [1.54, 1.807) is 12.5 Å². The molecule has 4 nitrogen and oxygen atoms in total. The van der Waals surface area contributed by atoms with Gasteiger partial charge in [0.15, 0.2) is 0 Å². The zero-order valence-electron chi connectivity index (χ0n) is 13.5. The molecule has 2 aromatic heterocycles. The van der Waals surface area contributed by atoms with Gasteiger partial charge in [0.05, 0.1) is 25.6 Å². The Morgan fingerprint density at radius 2 is 1.90 bits per heavy atom. The maximum atomic E-state index is 5.63. The van der Waals surface area contributed by atoms with Gasteiger partial charge in [-0.25, -0.2) is 0 Å². The Hall–Kier alpha value is -1.52. The molecular weight excluding hydrogens is 264 g/mol. The van der Waals surface area contributed by atoms with Crippen LogP contribution in [0.15, 0.2) is 39.6 Å². The second-order valence-corrected chi connectivity index (χ2v) is 6.36. The summed E-state index contributed by atoms with van der Waals surface area (Å²) in [5.41, 5.74) is 1.32. The Balaban J connectivity index is 1.96. The molecule has 0 saturated heterocycles. The number of nitrogens with one attached hydrogen (secondary N) is 1. The fourth-order valence-corrected chi connectivity index (χ4v) is 2.15. The van der Waals surface area contributed by atoms with Gasteiger partial charge >= 0.3 is 0 Å². The fourth-order valence-electron chi connectivity index (χ4n) is 2.15. The third kappa shape index (κ3) is 5.06. The van der Waals surface area contributed by atoms with Gasteiger partial charge < -0.3 is 14.2 Å². The van der Waals surface area contributed by atoms with E-state index in [4.69, 9.17) is 8.83 Å². The molecular formula is C17H26N2O2. The minimum Gasteiger partial charge on any atom is -0.468 e. The molecule has 1 N–H and O–H groups in total. The minimum atomic E-state index is 0.0860. The predicted octanol–water partition coefficient (Wildman–Crippen LogP) is 3.78. The number of rotatable bonds is 7. The van der Waals surface area contributed by atoms with Gasteiger partial charge in [0.25, 0.3) is 0 Å². The first-order valence-corrected chi connectivity index (χ1v) is 7.53. The van der Waals surface area contributed by atoms with Crippen LogP contribution in [0.25, 0.3) is 0 Å². The van der Waals surface area contributed by atoms with Crippen LogP contribution in [0, 0.1) is 0 Å². The van der Waals surface area contributed by atoms with E-state index < -0.39 is 0 Å². The van der Waals surface area contributed by atoms with Gasteiger partial charge in [-0.3, -0.25) is 4.90 Å². The highest BCUT2D eigenvalue weighted by Gasteiger charge is 2.15. The summed E-state index contributed by atoms with van der Waals surface area (Å²) in [6, 6.07) is 6.00. The van der Waals surface area contributed by atoms with Crippen molar-refractivity contribution in [3.05, 3.63) is 47.8 Å². The lowest BCUT2D eigenvalue weighted by atomic mass is 10.1. The number of hydrogen-bond donors (Lipinski definition) is 1. The molecule has 0 aliphatic carbocycles. The molecule has 0 aliphatic heterocycles. The van der Waals surface area contributed by atoms with Crippen LogP contribution >= 0.6 is 0 Å². The molecule has 0 unspecified atom stereocenters. The summed E-state index contributed by atoms with van der Waals surface area (Å²) < 4.78 is 11.1. The normalized spacial score (nSPS) is 12.2. The van der Waals surface area contributed by atoms with Gasteiger partial charge in [0.1, 0.15) is 11.5 Å². The van der Waals surface area contributed by atoms with Gasteiger partial charge in [0, 0.05) is 17.6 Å². The van der Waals surface area contributed by atoms with Gasteiger partial charge in [-0.1, -0.05) is 6.92 Å². The van der Waals surface area contributed by atoms with Crippen LogP contribution < -0.4 is 5.32 Å². The standard InChI is InChI=1S/C17H26N2O2/c1-5-19(13-15-7-6-9-20-15)12-14-8-10-21-16(14)11-18-17(2,3)4/h6-10,18H,5,11-13H2,1-4H3. The lowest BCUT2D eigenvalue weighted by Gasteiger charge is -2.21. The molecule has 0 spiro atoms. The van der Waals surface area contributed by atoms with Crippen LogP contribution in [0.3, 0.4) is 0 Å². The van der Waals surface area contributed by atoms with Crippen LogP contribution in [0.4, 0.5) is 0 Å². The number of hydrogen-bond acceptors (Lipinski definition) is 4. The molecule has 0 atom stereocenters. The van der Waals surface area contributed by atoms with Crippen LogP contribution in [-0.4, -0.2) is 17.0 Å². The largest absolute Gasteiger partial charge is 0.468 e. The summed E-state index contributed by atoms with van der Waals surface area (Å²) in [6.45, 7) is 12.1. The van der Waals surface area contributed by atoms with Crippen molar-refractivity contribution in [2.75, 3.05) is 6.54 Å². The summed E-state index contributed by atoms with van der Waals surface area (Å²) in [6.07, 6.45) is 3.50. The summed E-state index contributed by atoms with van der Waals surface area (Å²) in [4.78, 5) is 2.34. The Labute approximate surface area is 127 Å². The average molecular weight is 290 g/mol. The molecule has 2 heterocycles. The Bertz CT molecular complexity index is 523. The molecule has 0 aromatic carbocycles. The highest BCUT2D eigenvalue weighted by Crippen LogP contribution is 2.16. The molecule has 21 heavy (non-hydrogen) atoms. The molecule has 0 fully saturated rings. The van der Waals surface area contributed by atoms with E-state index in [9.17, 15) is 0 Å². The van der Waals surface area contributed by atoms with Crippen LogP contribution in [0.2, 0.25) is 0 Å². The molecule has 2 rings (SSSR count). The van der Waals surface area contributed by atoms with Crippen molar-refractivity contribution in [3.63, 3.8) is 0 Å². The summed E-state index contributed by atoms with van der Waals surface area (Å²) in [5, 5.41) is 3.47. The van der Waals surface area contributed by atoms with Crippen molar-refractivity contribution in [1.82, 2.24) is 10.2 Å². The van der Waals surface area contributed by atoms with Gasteiger partial charge in [-0.2, -0.15) is 0 Å². The van der Waals surface area contributed by atoms with Crippen molar-refractivity contribution in [2.24, 2.45) is 0 Å². The zero-order valence-corrected chi connectivity index (χ0v) is 13.5. The van der Waals surface area contributed by atoms with Crippen LogP contribution in [0.5, 0.6) is 0 Å². The Morgan fingerprint density at radius 3 is 2.52 bits per heavy atom. The smallest absolute Gasteiger partial charge is 0.122 e. The second-order valence-electron chi connectivity index (χ2n) is 6.36. The average Bonchev–Trinajstić information content (AvgIpc) is 3.06. The van der Waals surface area contributed by atoms with Crippen molar-refractivity contribution < 1.29 is 8.83 Å². The maximum absolute atomic E-state index is 5.63. The highest BCUT2D eigenvalue weighted by molar-refractivity contribution is 5.17. The van der Waals surface area contributed by atoms with Crippen molar-refractivity contribution in [3.8, 4) is 0 Å². The predicted molar refractivity (Wildman–Crippen MR) is 83.8 cm³/mol. The lowest BCUT2D eigenvalue weighted by Crippen LogP contribution is -2.35. The Kier molecular flexibility index (Phi) is 5.26. The molecule has 0 radical (unpaired) electrons. The molecule has 2 aromatic rings. The van der Waals surface area contributed by atoms with E-state index in [1.165, 1.54) is 5.56 Å². The molecule has 0 aliphatic rings. The van der Waals surface area contributed by atoms with E-state index >= 15 is 0 Å². The van der Waals surface area contributed by atoms with E-state index in [-0.39, 0.29) is 5.54 Å². The third-order valence-electron chi connectivity index (χ3n) is 3.42. The van der Waals surface area contributed by atoms with Gasteiger partial charge in [-0.05, 0) is 45.5 Å². The number of nitrogens with zero attached hydrogens (tertiary/aromatic N) is 1. The molecule has 116 valence electrons. The molecule has 0 amide bonds. The lowest BCUT2D eigenvalue weighted by molar-refractivity contribution is 0.245. The second kappa shape index (κ2) is 6.96. The van der Waals surface area contributed by atoms with E-state index in [1.807, 2.05) is 12.1 Å². The Morgan fingerprint density at radius 1 is 1.10 bits per heavy atom. The van der Waals surface area contributed by atoms with Crippen molar-refractivity contribution in [2.45, 2.75) is 52.9 Å². The quantitative estimate of drug-likeness (QED) is 0.842. The highest BCUT2D eigenvalue weighted by atomic mass is 16.3.